The summed E-state index contributed by atoms with van der Waals surface area (Å²) < 4.78 is 0.948. The van der Waals surface area contributed by atoms with Gasteiger partial charge >= 0.3 is 0 Å². The van der Waals surface area contributed by atoms with E-state index in [0.29, 0.717) is 29.4 Å². The van der Waals surface area contributed by atoms with Crippen LogP contribution in [0.5, 0.6) is 5.75 Å². The molecule has 2 aromatic carbocycles. The molecule has 2 amide bonds. The van der Waals surface area contributed by atoms with E-state index in [1.165, 1.54) is 11.3 Å². The molecule has 0 aliphatic carbocycles. The Morgan fingerprint density at radius 3 is 2.54 bits per heavy atom. The predicted molar refractivity (Wildman–Crippen MR) is 110 cm³/mol. The van der Waals surface area contributed by atoms with Gasteiger partial charge in [0.25, 0.3) is 5.91 Å². The topological polar surface area (TPSA) is 69.6 Å². The van der Waals surface area contributed by atoms with Crippen LogP contribution in [0.3, 0.4) is 0 Å². The van der Waals surface area contributed by atoms with Crippen LogP contribution in [-0.4, -0.2) is 40.4 Å². The third-order valence-corrected chi connectivity index (χ3v) is 7.18. The predicted octanol–water partition coefficient (Wildman–Crippen LogP) is 4.03. The van der Waals surface area contributed by atoms with Gasteiger partial charge in [0.15, 0.2) is 0 Å². The summed E-state index contributed by atoms with van der Waals surface area (Å²) in [5, 5.41) is 13.8. The monoisotopic (exact) mass is 412 g/mol. The molecular formula is C21H17ClN2O3S. The number of carbonyl (C=O) groups is 2. The van der Waals surface area contributed by atoms with Gasteiger partial charge in [-0.3, -0.25) is 9.59 Å². The molecule has 28 heavy (non-hydrogen) atoms. The van der Waals surface area contributed by atoms with E-state index in [1.807, 2.05) is 30.3 Å². The molecule has 7 heteroatoms. The van der Waals surface area contributed by atoms with Crippen LogP contribution >= 0.6 is 22.9 Å². The maximum atomic E-state index is 12.9. The highest BCUT2D eigenvalue weighted by molar-refractivity contribution is 7.21. The number of thiophene rings is 1. The number of amides is 2. The Hall–Kier alpha value is -2.57. The molecule has 3 aromatic rings. The molecular weight excluding hydrogens is 396 g/mol. The molecule has 0 saturated carbocycles. The fourth-order valence-corrected chi connectivity index (χ4v) is 5.54. The normalized spacial score (nSPS) is 17.8. The number of halogens is 1. The van der Waals surface area contributed by atoms with Gasteiger partial charge in [0, 0.05) is 29.6 Å². The van der Waals surface area contributed by atoms with Gasteiger partial charge in [-0.25, -0.2) is 0 Å². The van der Waals surface area contributed by atoms with Crippen molar-refractivity contribution in [2.45, 2.75) is 18.4 Å². The first kappa shape index (κ1) is 17.5. The summed E-state index contributed by atoms with van der Waals surface area (Å²) in [6, 6.07) is 12.9. The fraction of sp³-hybridized carbons (Fsp3) is 0.238. The lowest BCUT2D eigenvalue weighted by Gasteiger charge is -2.47. The Morgan fingerprint density at radius 1 is 1.14 bits per heavy atom. The number of aromatic hydroxyl groups is 1. The molecule has 2 saturated heterocycles. The third kappa shape index (κ3) is 2.75. The zero-order chi connectivity index (χ0) is 19.5. The number of benzene rings is 2. The highest BCUT2D eigenvalue weighted by Gasteiger charge is 2.49. The molecule has 0 radical (unpaired) electrons. The summed E-state index contributed by atoms with van der Waals surface area (Å²) in [5.74, 6) is 0.209. The van der Waals surface area contributed by atoms with E-state index in [0.717, 1.165) is 27.6 Å². The number of rotatable bonds is 2. The summed E-state index contributed by atoms with van der Waals surface area (Å²) in [6.07, 6.45) is 1.32. The minimum absolute atomic E-state index is 0.0637. The molecule has 0 unspecified atom stereocenters. The van der Waals surface area contributed by atoms with Crippen LogP contribution in [0.4, 0.5) is 0 Å². The molecule has 2 aliphatic heterocycles. The lowest BCUT2D eigenvalue weighted by atomic mass is 9.88. The quantitative estimate of drug-likeness (QED) is 0.667. The van der Waals surface area contributed by atoms with Crippen molar-refractivity contribution >= 4 is 44.8 Å². The number of carbonyl (C=O) groups excluding carboxylic acids is 2. The molecule has 1 aromatic heterocycles. The second-order valence-electron chi connectivity index (χ2n) is 7.49. The molecule has 2 N–H and O–H groups in total. The Morgan fingerprint density at radius 2 is 1.86 bits per heavy atom. The summed E-state index contributed by atoms with van der Waals surface area (Å²) in [4.78, 5) is 26.7. The zero-order valence-corrected chi connectivity index (χ0v) is 16.4. The Kier molecular flexibility index (Phi) is 3.89. The Labute approximate surface area is 170 Å². The van der Waals surface area contributed by atoms with E-state index in [9.17, 15) is 14.7 Å². The van der Waals surface area contributed by atoms with E-state index in [1.54, 1.807) is 17.0 Å². The van der Waals surface area contributed by atoms with Gasteiger partial charge in [-0.05, 0) is 35.7 Å². The van der Waals surface area contributed by atoms with Crippen molar-refractivity contribution in [2.24, 2.45) is 0 Å². The molecule has 5 rings (SSSR count). The van der Waals surface area contributed by atoms with Crippen LogP contribution in [0.2, 0.25) is 5.02 Å². The molecule has 3 heterocycles. The summed E-state index contributed by atoms with van der Waals surface area (Å²) in [5.41, 5.74) is 1.75. The van der Waals surface area contributed by atoms with Gasteiger partial charge in [-0.1, -0.05) is 35.9 Å². The van der Waals surface area contributed by atoms with E-state index < -0.39 is 0 Å². The van der Waals surface area contributed by atoms with Crippen LogP contribution in [0.25, 0.3) is 21.2 Å². The largest absolute Gasteiger partial charge is 0.508 e. The van der Waals surface area contributed by atoms with Crippen molar-refractivity contribution in [3.8, 4) is 16.9 Å². The number of phenolic OH excluding ortho intramolecular Hbond substituents is 1. The van der Waals surface area contributed by atoms with Gasteiger partial charge in [0.05, 0.1) is 10.6 Å². The smallest absolute Gasteiger partial charge is 0.265 e. The molecule has 2 aliphatic rings. The summed E-state index contributed by atoms with van der Waals surface area (Å²) in [6.45, 7) is 1.09. The van der Waals surface area contributed by atoms with Crippen LogP contribution in [0.15, 0.2) is 42.5 Å². The first-order valence-corrected chi connectivity index (χ1v) is 10.3. The van der Waals surface area contributed by atoms with Crippen LogP contribution in [-0.2, 0) is 4.79 Å². The van der Waals surface area contributed by atoms with Gasteiger partial charge in [-0.2, -0.15) is 0 Å². The second kappa shape index (κ2) is 6.22. The molecule has 2 fully saturated rings. The van der Waals surface area contributed by atoms with E-state index >= 15 is 0 Å². The van der Waals surface area contributed by atoms with Gasteiger partial charge in [0.2, 0.25) is 5.91 Å². The average molecular weight is 413 g/mol. The van der Waals surface area contributed by atoms with Crippen LogP contribution < -0.4 is 5.32 Å². The van der Waals surface area contributed by atoms with Gasteiger partial charge in [-0.15, -0.1) is 11.3 Å². The Bertz CT molecular complexity index is 1120. The number of nitrogens with one attached hydrogen (secondary N) is 1. The fourth-order valence-electron chi connectivity index (χ4n) is 4.02. The van der Waals surface area contributed by atoms with Crippen molar-refractivity contribution in [2.75, 3.05) is 13.1 Å². The molecule has 1 spiro atoms. The standard InChI is InChI=1S/C21H17ClN2O3S/c22-18-15-6-3-13(12-1-4-14(25)5-2-12)9-16(15)28-19(18)20(27)24-10-21(11-24)8-7-17(26)23-21/h1-6,9,25H,7-8,10-11H2,(H,23,26). The van der Waals surface area contributed by atoms with Crippen molar-refractivity contribution in [1.29, 1.82) is 0 Å². The zero-order valence-electron chi connectivity index (χ0n) is 14.9. The SMILES string of the molecule is O=C1CCC2(CN(C(=O)c3sc4cc(-c5ccc(O)cc5)ccc4c3Cl)C2)N1. The number of hydrogen-bond donors (Lipinski definition) is 2. The number of phenols is 1. The van der Waals surface area contributed by atoms with Crippen molar-refractivity contribution in [3.05, 3.63) is 52.4 Å². The highest BCUT2D eigenvalue weighted by Crippen LogP contribution is 2.40. The van der Waals surface area contributed by atoms with Crippen molar-refractivity contribution in [3.63, 3.8) is 0 Å². The minimum Gasteiger partial charge on any atom is -0.508 e. The van der Waals surface area contributed by atoms with Crippen LogP contribution in [0, 0.1) is 0 Å². The number of nitrogens with zero attached hydrogens (tertiary/aromatic N) is 1. The Balaban J connectivity index is 1.42. The van der Waals surface area contributed by atoms with E-state index in [2.05, 4.69) is 5.32 Å². The third-order valence-electron chi connectivity index (χ3n) is 5.53. The van der Waals surface area contributed by atoms with Crippen molar-refractivity contribution in [1.82, 2.24) is 10.2 Å². The molecule has 0 bridgehead atoms. The molecule has 5 nitrogen and oxygen atoms in total. The molecule has 142 valence electrons. The summed E-state index contributed by atoms with van der Waals surface area (Å²) in [7, 11) is 0. The summed E-state index contributed by atoms with van der Waals surface area (Å²) >= 11 is 7.92. The number of fused-ring (bicyclic) bond motifs is 1. The first-order valence-electron chi connectivity index (χ1n) is 9.06. The average Bonchev–Trinajstić information content (AvgIpc) is 3.21. The highest BCUT2D eigenvalue weighted by atomic mass is 35.5. The minimum atomic E-state index is -0.234. The maximum Gasteiger partial charge on any atom is 0.265 e. The van der Waals surface area contributed by atoms with Crippen molar-refractivity contribution < 1.29 is 14.7 Å². The molecule has 0 atom stereocenters. The number of hydrogen-bond acceptors (Lipinski definition) is 4. The van der Waals surface area contributed by atoms with Gasteiger partial charge in [0.1, 0.15) is 10.6 Å². The lowest BCUT2D eigenvalue weighted by Crippen LogP contribution is -2.68. The lowest BCUT2D eigenvalue weighted by molar-refractivity contribution is -0.120. The first-order chi connectivity index (χ1) is 13.4. The van der Waals surface area contributed by atoms with E-state index in [-0.39, 0.29) is 23.1 Å². The maximum absolute atomic E-state index is 12.9. The second-order valence-corrected chi connectivity index (χ2v) is 8.92. The van der Waals surface area contributed by atoms with Gasteiger partial charge < -0.3 is 15.3 Å². The van der Waals surface area contributed by atoms with E-state index in [4.69, 9.17) is 11.6 Å². The van der Waals surface area contributed by atoms with Crippen LogP contribution in [0.1, 0.15) is 22.5 Å². The number of likely N-dealkylation sites (tertiary alicyclic amines) is 1.